The number of fused-ring (bicyclic) bond motifs is 1. The largest absolute Gasteiger partial charge is 0.481 e. The highest BCUT2D eigenvalue weighted by Crippen LogP contribution is 2.16. The summed E-state index contributed by atoms with van der Waals surface area (Å²) in [6, 6.07) is 7.38. The summed E-state index contributed by atoms with van der Waals surface area (Å²) >= 11 is 0. The van der Waals surface area contributed by atoms with E-state index < -0.39 is 11.5 Å². The number of nitrogens with zero attached hydrogens (tertiary/aromatic N) is 3. The van der Waals surface area contributed by atoms with Crippen LogP contribution in [0.2, 0.25) is 0 Å². The number of carboxylic acids is 1. The molecule has 2 aromatic rings. The Morgan fingerprint density at radius 2 is 1.94 bits per heavy atom. The number of hydrogen-bond donors (Lipinski definition) is 2. The van der Waals surface area contributed by atoms with Crippen molar-refractivity contribution in [2.24, 2.45) is 0 Å². The summed E-state index contributed by atoms with van der Waals surface area (Å²) in [4.78, 5) is 15.0. The maximum atomic E-state index is 10.7. The van der Waals surface area contributed by atoms with Gasteiger partial charge in [-0.15, -0.1) is 10.2 Å². The van der Waals surface area contributed by atoms with Crippen LogP contribution in [0.15, 0.2) is 24.3 Å². The molecule has 2 N–H and O–H groups in total. The summed E-state index contributed by atoms with van der Waals surface area (Å²) in [6.45, 7) is 3.55. The van der Waals surface area contributed by atoms with E-state index in [1.165, 1.54) is 0 Å². The number of hydrogen-bond acceptors (Lipinski definition) is 5. The second-order valence-electron chi connectivity index (χ2n) is 4.70. The van der Waals surface area contributed by atoms with E-state index in [1.54, 1.807) is 13.8 Å². The highest BCUT2D eigenvalue weighted by molar-refractivity contribution is 5.74. The molecule has 0 unspecified atom stereocenters. The van der Waals surface area contributed by atoms with Crippen LogP contribution in [-0.4, -0.2) is 31.8 Å². The maximum absolute atomic E-state index is 10.7. The van der Waals surface area contributed by atoms with Gasteiger partial charge in [-0.25, -0.2) is 4.98 Å². The van der Waals surface area contributed by atoms with E-state index in [1.807, 2.05) is 24.3 Å². The number of carbonyl (C=O) groups is 1. The third-order valence-electron chi connectivity index (χ3n) is 2.40. The molecule has 94 valence electrons. The van der Waals surface area contributed by atoms with Crippen LogP contribution in [-0.2, 0) is 4.79 Å². The van der Waals surface area contributed by atoms with Gasteiger partial charge < -0.3 is 10.4 Å². The Hall–Kier alpha value is -2.24. The van der Waals surface area contributed by atoms with Crippen LogP contribution in [0.1, 0.15) is 20.3 Å². The average Bonchev–Trinajstić information content (AvgIpc) is 2.26. The zero-order valence-electron chi connectivity index (χ0n) is 10.2. The van der Waals surface area contributed by atoms with Crippen molar-refractivity contribution in [3.63, 3.8) is 0 Å². The summed E-state index contributed by atoms with van der Waals surface area (Å²) in [5.74, 6) is -0.541. The number of aliphatic carboxylic acids is 1. The lowest BCUT2D eigenvalue weighted by Gasteiger charge is -2.23. The molecule has 0 atom stereocenters. The van der Waals surface area contributed by atoms with Crippen molar-refractivity contribution < 1.29 is 9.90 Å². The van der Waals surface area contributed by atoms with Gasteiger partial charge in [0, 0.05) is 5.54 Å². The van der Waals surface area contributed by atoms with E-state index >= 15 is 0 Å². The molecule has 1 aromatic carbocycles. The van der Waals surface area contributed by atoms with Gasteiger partial charge in [-0.2, -0.15) is 0 Å². The molecule has 0 amide bonds. The molecule has 6 heteroatoms. The molecule has 6 nitrogen and oxygen atoms in total. The number of aromatic nitrogens is 3. The first-order valence-electron chi connectivity index (χ1n) is 5.56. The first kappa shape index (κ1) is 12.2. The fourth-order valence-electron chi connectivity index (χ4n) is 1.66. The first-order chi connectivity index (χ1) is 8.46. The molecule has 0 bridgehead atoms. The highest BCUT2D eigenvalue weighted by atomic mass is 16.4. The minimum atomic E-state index is -0.874. The molecule has 0 aliphatic heterocycles. The molecule has 1 aromatic heterocycles. The van der Waals surface area contributed by atoms with Crippen LogP contribution in [0.4, 0.5) is 5.95 Å². The standard InChI is InChI=1S/C12H14N4O2/c1-12(2,7-10(17)18)14-11-13-8-5-3-4-6-9(8)15-16-11/h3-6H,7H2,1-2H3,(H,17,18)(H,13,14,16). The zero-order valence-corrected chi connectivity index (χ0v) is 10.2. The van der Waals surface area contributed by atoms with Gasteiger partial charge in [-0.05, 0) is 26.0 Å². The van der Waals surface area contributed by atoms with Crippen molar-refractivity contribution in [3.8, 4) is 0 Å². The van der Waals surface area contributed by atoms with E-state index in [9.17, 15) is 4.79 Å². The fraction of sp³-hybridized carbons (Fsp3) is 0.333. The quantitative estimate of drug-likeness (QED) is 0.853. The number of para-hydroxylation sites is 1. The topological polar surface area (TPSA) is 88.0 Å². The Balaban J connectivity index is 2.24. The van der Waals surface area contributed by atoms with Gasteiger partial charge in [-0.1, -0.05) is 12.1 Å². The molecular formula is C12H14N4O2. The molecule has 2 rings (SSSR count). The van der Waals surface area contributed by atoms with E-state index in [-0.39, 0.29) is 6.42 Å². The zero-order chi connectivity index (χ0) is 13.2. The third-order valence-corrected chi connectivity index (χ3v) is 2.40. The predicted molar refractivity (Wildman–Crippen MR) is 67.3 cm³/mol. The molecule has 18 heavy (non-hydrogen) atoms. The maximum Gasteiger partial charge on any atom is 0.305 e. The fourth-order valence-corrected chi connectivity index (χ4v) is 1.66. The Morgan fingerprint density at radius 3 is 2.61 bits per heavy atom. The molecule has 0 fully saturated rings. The normalized spacial score (nSPS) is 11.4. The average molecular weight is 246 g/mol. The molecular weight excluding hydrogens is 232 g/mol. The Kier molecular flexibility index (Phi) is 3.10. The summed E-state index contributed by atoms with van der Waals surface area (Å²) in [5, 5.41) is 19.7. The van der Waals surface area contributed by atoms with Gasteiger partial charge in [0.15, 0.2) is 0 Å². The number of benzene rings is 1. The Bertz CT molecular complexity index is 583. The monoisotopic (exact) mass is 246 g/mol. The summed E-state index contributed by atoms with van der Waals surface area (Å²) in [6.07, 6.45) is -0.0246. The van der Waals surface area contributed by atoms with Crippen molar-refractivity contribution in [1.29, 1.82) is 0 Å². The van der Waals surface area contributed by atoms with E-state index in [2.05, 4.69) is 20.5 Å². The molecule has 0 radical (unpaired) electrons. The lowest BCUT2D eigenvalue weighted by Crippen LogP contribution is -2.34. The number of anilines is 1. The van der Waals surface area contributed by atoms with Crippen LogP contribution in [0.5, 0.6) is 0 Å². The molecule has 1 heterocycles. The Morgan fingerprint density at radius 1 is 1.28 bits per heavy atom. The van der Waals surface area contributed by atoms with Crippen molar-refractivity contribution in [2.45, 2.75) is 25.8 Å². The minimum absolute atomic E-state index is 0.0246. The molecule has 0 saturated heterocycles. The van der Waals surface area contributed by atoms with E-state index in [0.717, 1.165) is 5.52 Å². The Labute approximate surface area is 104 Å². The van der Waals surface area contributed by atoms with Gasteiger partial charge in [0.05, 0.1) is 11.9 Å². The van der Waals surface area contributed by atoms with Gasteiger partial charge in [0.2, 0.25) is 5.95 Å². The predicted octanol–water partition coefficient (Wildman–Crippen LogP) is 1.69. The van der Waals surface area contributed by atoms with Crippen LogP contribution < -0.4 is 5.32 Å². The number of nitrogens with one attached hydrogen (secondary N) is 1. The van der Waals surface area contributed by atoms with Crippen LogP contribution in [0.3, 0.4) is 0 Å². The van der Waals surface area contributed by atoms with Gasteiger partial charge >= 0.3 is 5.97 Å². The summed E-state index contributed by atoms with van der Waals surface area (Å²) < 4.78 is 0. The lowest BCUT2D eigenvalue weighted by atomic mass is 10.0. The smallest absolute Gasteiger partial charge is 0.305 e. The second-order valence-corrected chi connectivity index (χ2v) is 4.70. The second kappa shape index (κ2) is 4.56. The summed E-state index contributed by atoms with van der Waals surface area (Å²) in [5.41, 5.74) is 0.802. The first-order valence-corrected chi connectivity index (χ1v) is 5.56. The molecule has 0 aliphatic carbocycles. The van der Waals surface area contributed by atoms with Crippen molar-refractivity contribution in [3.05, 3.63) is 24.3 Å². The van der Waals surface area contributed by atoms with E-state index in [4.69, 9.17) is 5.11 Å². The molecule has 0 spiro atoms. The third kappa shape index (κ3) is 2.91. The molecule has 0 aliphatic rings. The molecule has 0 saturated carbocycles. The van der Waals surface area contributed by atoms with Crippen molar-refractivity contribution >= 4 is 23.0 Å². The minimum Gasteiger partial charge on any atom is -0.481 e. The van der Waals surface area contributed by atoms with Gasteiger partial charge in [0.25, 0.3) is 0 Å². The van der Waals surface area contributed by atoms with Crippen LogP contribution in [0, 0.1) is 0 Å². The number of rotatable bonds is 4. The van der Waals surface area contributed by atoms with Gasteiger partial charge in [0.1, 0.15) is 5.52 Å². The highest BCUT2D eigenvalue weighted by Gasteiger charge is 2.22. The van der Waals surface area contributed by atoms with Crippen LogP contribution in [0.25, 0.3) is 11.0 Å². The van der Waals surface area contributed by atoms with E-state index in [0.29, 0.717) is 11.5 Å². The van der Waals surface area contributed by atoms with Crippen molar-refractivity contribution in [2.75, 3.05) is 5.32 Å². The SMILES string of the molecule is CC(C)(CC(=O)O)Nc1nnc2ccccc2n1. The summed E-state index contributed by atoms with van der Waals surface area (Å²) in [7, 11) is 0. The van der Waals surface area contributed by atoms with Crippen molar-refractivity contribution in [1.82, 2.24) is 15.2 Å². The van der Waals surface area contributed by atoms with Gasteiger partial charge in [-0.3, -0.25) is 4.79 Å². The van der Waals surface area contributed by atoms with Crippen LogP contribution >= 0.6 is 0 Å². The lowest BCUT2D eigenvalue weighted by molar-refractivity contribution is -0.137. The number of carboxylic acid groups (broad SMARTS) is 1.